The van der Waals surface area contributed by atoms with E-state index in [0.29, 0.717) is 0 Å². The molecule has 0 aromatic carbocycles. The molecule has 15 nitrogen and oxygen atoms in total. The second-order valence-corrected chi connectivity index (χ2v) is 6.09. The fourth-order valence-electron chi connectivity index (χ4n) is 2.25. The van der Waals surface area contributed by atoms with Crippen LogP contribution in [-0.4, -0.2) is 81.4 Å². The van der Waals surface area contributed by atoms with E-state index < -0.39 is 35.8 Å². The summed E-state index contributed by atoms with van der Waals surface area (Å²) in [5.74, 6) is -7.68. The number of hydrogen-bond acceptors (Lipinski definition) is 9. The number of hydrogen-bond donors (Lipinski definition) is 6. The molecule has 0 bridgehead atoms. The Morgan fingerprint density at radius 2 is 0.579 bits per heavy atom. The van der Waals surface area contributed by atoms with Gasteiger partial charge in [0.15, 0.2) is 0 Å². The maximum absolute atomic E-state index is 10.4. The molecular weight excluding hydrogens is 790 g/mol. The number of carboxylic acid groups (broad SMARTS) is 6. The van der Waals surface area contributed by atoms with Gasteiger partial charge in [0.2, 0.25) is 0 Å². The summed E-state index contributed by atoms with van der Waals surface area (Å²) in [6, 6.07) is 3.43. The van der Waals surface area contributed by atoms with Crippen molar-refractivity contribution < 1.29 is 158 Å². The zero-order valence-electron chi connectivity index (χ0n) is 18.4. The predicted molar refractivity (Wildman–Crippen MR) is 114 cm³/mol. The Morgan fingerprint density at radius 3 is 0.711 bits per heavy atom. The van der Waals surface area contributed by atoms with Gasteiger partial charge in [0.1, 0.15) is 0 Å². The molecule has 17 heteroatoms. The number of carboxylic acids is 6. The van der Waals surface area contributed by atoms with Crippen molar-refractivity contribution in [2.45, 2.75) is 0 Å². The second kappa shape index (κ2) is 18.7. The first kappa shape index (κ1) is 37.6. The molecule has 2 radical (unpaired) electrons. The molecule has 0 unspecified atom stereocenters. The molecule has 0 amide bonds. The molecule has 0 spiro atoms. The third kappa shape index (κ3) is 11.9. The van der Waals surface area contributed by atoms with Crippen LogP contribution in [0.4, 0.5) is 0 Å². The van der Waals surface area contributed by atoms with Crippen LogP contribution in [0.25, 0.3) is 0 Å². The summed E-state index contributed by atoms with van der Waals surface area (Å²) < 4.78 is 0. The topological polar surface area (TPSA) is 262 Å². The zero-order valence-corrected chi connectivity index (χ0v) is 23.3. The van der Waals surface area contributed by atoms with Gasteiger partial charge in [-0.3, -0.25) is 15.0 Å². The van der Waals surface area contributed by atoms with Crippen LogP contribution >= 0.6 is 0 Å². The van der Waals surface area contributed by atoms with Crippen LogP contribution < -0.4 is 0 Å². The maximum atomic E-state index is 10.4. The largest absolute Gasteiger partial charge is 0.478 e. The van der Waals surface area contributed by atoms with Crippen LogP contribution in [0, 0.1) is 98.8 Å². The summed E-state index contributed by atoms with van der Waals surface area (Å²) in [5.41, 5.74) is -1.66. The Balaban J connectivity index is 0. The number of rotatable bonds is 6. The van der Waals surface area contributed by atoms with Crippen molar-refractivity contribution in [2.24, 2.45) is 0 Å². The van der Waals surface area contributed by atoms with Gasteiger partial charge in [-0.15, -0.1) is 0 Å². The van der Waals surface area contributed by atoms with Gasteiger partial charge in [0, 0.05) is 136 Å². The van der Waals surface area contributed by atoms with Gasteiger partial charge < -0.3 is 30.6 Å². The average Bonchev–Trinajstić information content (AvgIpc) is 2.84. The SMILES string of the molecule is O=C(O)c1ccncc1C(=O)O.O=C(O)c1ccncc1C(=O)O.O=C(O)c1ccncc1C(=O)O.[Eu].[Eu]. The smallest absolute Gasteiger partial charge is 0.338 e. The van der Waals surface area contributed by atoms with Crippen LogP contribution in [0.2, 0.25) is 0 Å². The van der Waals surface area contributed by atoms with Gasteiger partial charge in [0.05, 0.1) is 33.4 Å². The molecular formula is C21H15Eu2N3O12. The Kier molecular flexibility index (Phi) is 18.4. The molecule has 3 aromatic heterocycles. The first-order chi connectivity index (χ1) is 16.9. The summed E-state index contributed by atoms with van der Waals surface area (Å²) in [7, 11) is 0. The van der Waals surface area contributed by atoms with E-state index in [1.165, 1.54) is 18.6 Å². The van der Waals surface area contributed by atoms with Crippen LogP contribution in [-0.2, 0) is 0 Å². The molecule has 6 N–H and O–H groups in total. The van der Waals surface area contributed by atoms with E-state index in [9.17, 15) is 28.8 Å². The minimum Gasteiger partial charge on any atom is -0.478 e. The van der Waals surface area contributed by atoms with Gasteiger partial charge in [-0.25, -0.2) is 28.8 Å². The molecule has 3 heterocycles. The maximum Gasteiger partial charge on any atom is 0.338 e. The van der Waals surface area contributed by atoms with E-state index in [1.54, 1.807) is 0 Å². The van der Waals surface area contributed by atoms with Gasteiger partial charge in [-0.05, 0) is 18.2 Å². The number of aromatic carboxylic acids is 6. The molecule has 3 rings (SSSR count). The Hall–Kier alpha value is -2.56. The van der Waals surface area contributed by atoms with Crippen LogP contribution in [0.15, 0.2) is 55.4 Å². The van der Waals surface area contributed by atoms with Gasteiger partial charge >= 0.3 is 35.8 Å². The van der Waals surface area contributed by atoms with Gasteiger partial charge in [0.25, 0.3) is 0 Å². The van der Waals surface area contributed by atoms with Crippen LogP contribution in [0.1, 0.15) is 62.1 Å². The molecule has 0 fully saturated rings. The molecule has 0 aliphatic rings. The van der Waals surface area contributed by atoms with Crippen molar-refractivity contribution >= 4 is 35.8 Å². The third-order valence-corrected chi connectivity index (χ3v) is 3.85. The number of pyridine rings is 3. The Morgan fingerprint density at radius 1 is 0.395 bits per heavy atom. The van der Waals surface area contributed by atoms with Crippen molar-refractivity contribution in [3.63, 3.8) is 0 Å². The van der Waals surface area contributed by atoms with Crippen molar-refractivity contribution in [1.29, 1.82) is 0 Å². The molecule has 0 atom stereocenters. The summed E-state index contributed by atoms with van der Waals surface area (Å²) in [4.78, 5) is 73.1. The van der Waals surface area contributed by atoms with Crippen LogP contribution in [0.3, 0.4) is 0 Å². The zero-order chi connectivity index (χ0) is 27.4. The van der Waals surface area contributed by atoms with E-state index in [1.807, 2.05) is 0 Å². The van der Waals surface area contributed by atoms with Crippen molar-refractivity contribution in [1.82, 2.24) is 15.0 Å². The van der Waals surface area contributed by atoms with Gasteiger partial charge in [-0.1, -0.05) is 0 Å². The van der Waals surface area contributed by atoms with Gasteiger partial charge in [-0.2, -0.15) is 0 Å². The molecule has 38 heavy (non-hydrogen) atoms. The van der Waals surface area contributed by atoms with Crippen LogP contribution in [0.5, 0.6) is 0 Å². The predicted octanol–water partition coefficient (Wildman–Crippen LogP) is 1.43. The second-order valence-electron chi connectivity index (χ2n) is 6.09. The first-order valence-corrected chi connectivity index (χ1v) is 9.10. The summed E-state index contributed by atoms with van der Waals surface area (Å²) in [6.07, 6.45) is 6.71. The number of carbonyl (C=O) groups is 6. The van der Waals surface area contributed by atoms with E-state index in [0.717, 1.165) is 36.8 Å². The van der Waals surface area contributed by atoms with Crippen molar-refractivity contribution in [3.8, 4) is 0 Å². The monoisotopic (exact) mass is 807 g/mol. The van der Waals surface area contributed by atoms with E-state index in [-0.39, 0.29) is 132 Å². The van der Waals surface area contributed by atoms with E-state index in [4.69, 9.17) is 30.6 Å². The first-order valence-electron chi connectivity index (χ1n) is 9.10. The number of aromatic nitrogens is 3. The minimum absolute atomic E-state index is 0. The Labute approximate surface area is 293 Å². The molecule has 0 saturated carbocycles. The summed E-state index contributed by atoms with van der Waals surface area (Å²) in [5, 5.41) is 51.1. The quantitative estimate of drug-likeness (QED) is 0.206. The standard InChI is InChI=1S/3C7H5NO4.2Eu/c3*9-6(10)4-1-2-8-3-5(4)7(11)12;;/h3*1-3H,(H,9,10)(H,11,12);;. The fraction of sp³-hybridized carbons (Fsp3) is 0. The Bertz CT molecular complexity index is 1070. The molecule has 0 aliphatic carbocycles. The third-order valence-electron chi connectivity index (χ3n) is 3.85. The average molecular weight is 805 g/mol. The van der Waals surface area contributed by atoms with E-state index >= 15 is 0 Å². The molecule has 3 aromatic rings. The fourth-order valence-corrected chi connectivity index (χ4v) is 2.25. The van der Waals surface area contributed by atoms with Crippen molar-refractivity contribution in [3.05, 3.63) is 88.8 Å². The molecule has 0 saturated heterocycles. The normalized spacial score (nSPS) is 8.84. The van der Waals surface area contributed by atoms with E-state index in [2.05, 4.69) is 15.0 Å². The molecule has 0 aliphatic heterocycles. The summed E-state index contributed by atoms with van der Waals surface area (Å²) >= 11 is 0. The number of nitrogens with zero attached hydrogens (tertiary/aromatic N) is 3. The van der Waals surface area contributed by atoms with Crippen molar-refractivity contribution in [2.75, 3.05) is 0 Å². The summed E-state index contributed by atoms with van der Waals surface area (Å²) in [6.45, 7) is 0. The molecule has 200 valence electrons. The minimum atomic E-state index is -1.29.